The van der Waals surface area contributed by atoms with Gasteiger partial charge in [0.1, 0.15) is 35.3 Å². The van der Waals surface area contributed by atoms with Crippen LogP contribution in [0.25, 0.3) is 5.52 Å². The van der Waals surface area contributed by atoms with Crippen LogP contribution in [0, 0.1) is 11.8 Å². The fraction of sp³-hybridized carbons (Fsp3) is 0.559. The summed E-state index contributed by atoms with van der Waals surface area (Å²) in [6.45, 7) is 15.4. The maximum Gasteiger partial charge on any atom is 0.459 e. The highest BCUT2D eigenvalue weighted by Crippen LogP contribution is 2.49. The number of aromatic nitrogens is 3. The van der Waals surface area contributed by atoms with E-state index in [-0.39, 0.29) is 17.0 Å². The number of fused-ring (bicyclic) bond motifs is 1. The van der Waals surface area contributed by atoms with Crippen molar-refractivity contribution in [3.05, 3.63) is 54.0 Å². The van der Waals surface area contributed by atoms with Crippen LogP contribution >= 0.6 is 7.75 Å². The number of esters is 3. The minimum Gasteiger partial charge on any atom is -0.468 e. The summed E-state index contributed by atoms with van der Waals surface area (Å²) < 4.78 is 51.2. The number of carbonyl (C=O) groups is 3. The lowest BCUT2D eigenvalue weighted by Crippen LogP contribution is -2.46. The Morgan fingerprint density at radius 2 is 1.62 bits per heavy atom. The van der Waals surface area contributed by atoms with Crippen LogP contribution in [0.5, 0.6) is 5.75 Å². The van der Waals surface area contributed by atoms with Crippen molar-refractivity contribution in [3.63, 3.8) is 0 Å². The molecule has 0 radical (unpaired) electrons. The van der Waals surface area contributed by atoms with E-state index in [2.05, 4.69) is 35.9 Å². The fourth-order valence-corrected chi connectivity index (χ4v) is 6.85. The van der Waals surface area contributed by atoms with Gasteiger partial charge in [0.25, 0.3) is 0 Å². The molecule has 1 unspecified atom stereocenters. The third kappa shape index (κ3) is 8.45. The number of benzene rings is 1. The van der Waals surface area contributed by atoms with Crippen LogP contribution in [0.15, 0.2) is 42.7 Å². The SMILES string of the molecule is COC(=O)[C@H](C)NP(=O)(OC[C@H]1O[C@@](C)(c2ccc3c(N)ncnn23)[C@H](OC(=O)C(C)C)[C@@H]1OC(=O)C(C)C)Oc1ccc(C(C)(C)C)cc1. The van der Waals surface area contributed by atoms with Gasteiger partial charge in [0.2, 0.25) is 0 Å². The molecule has 1 aromatic carbocycles. The van der Waals surface area contributed by atoms with E-state index in [4.69, 9.17) is 33.7 Å². The normalized spacial score (nSPS) is 22.7. The number of nitrogens with two attached hydrogens (primary N) is 1. The molecule has 4 rings (SSSR count). The first-order valence-electron chi connectivity index (χ1n) is 16.4. The molecule has 15 nitrogen and oxygen atoms in total. The molecule has 0 bridgehead atoms. The molecule has 3 heterocycles. The van der Waals surface area contributed by atoms with Crippen molar-refractivity contribution < 1.29 is 46.9 Å². The second kappa shape index (κ2) is 15.1. The number of ether oxygens (including phenoxy) is 4. The van der Waals surface area contributed by atoms with E-state index >= 15 is 0 Å². The molecule has 0 spiro atoms. The van der Waals surface area contributed by atoms with E-state index in [0.717, 1.165) is 5.56 Å². The third-order valence-electron chi connectivity index (χ3n) is 8.29. The van der Waals surface area contributed by atoms with Gasteiger partial charge in [-0.1, -0.05) is 60.6 Å². The number of anilines is 1. The standard InChI is InChI=1S/C34H48N5O10P/c1-19(2)30(40)46-27-25(17-45-50(43,38-21(5)32(42)44-10)49-23-13-11-22(12-14-23)33(6,7)8)48-34(9,28(27)47-31(41)20(3)4)26-16-15-24-29(35)36-18-37-39(24)26/h11-16,18-21,25,27-28H,17H2,1-10H3,(H,38,43)(H2,35,36,37)/t21-,25+,27+,28+,34-,50?/m0/s1. The Balaban J connectivity index is 1.76. The number of methoxy groups -OCH3 is 1. The van der Waals surface area contributed by atoms with Crippen LogP contribution in [0.3, 0.4) is 0 Å². The maximum atomic E-state index is 14.4. The molecule has 3 aromatic rings. The highest BCUT2D eigenvalue weighted by Gasteiger charge is 2.59. The summed E-state index contributed by atoms with van der Waals surface area (Å²) in [7, 11) is -3.19. The van der Waals surface area contributed by atoms with Crippen molar-refractivity contribution in [2.45, 2.75) is 97.7 Å². The Kier molecular flexibility index (Phi) is 11.7. The number of hydrogen-bond donors (Lipinski definition) is 2. The highest BCUT2D eigenvalue weighted by atomic mass is 31.2. The van der Waals surface area contributed by atoms with Gasteiger partial charge in [-0.15, -0.1) is 0 Å². The van der Waals surface area contributed by atoms with E-state index in [1.54, 1.807) is 58.9 Å². The van der Waals surface area contributed by atoms with Gasteiger partial charge in [-0.05, 0) is 49.1 Å². The van der Waals surface area contributed by atoms with Gasteiger partial charge < -0.3 is 29.2 Å². The first kappa shape index (κ1) is 38.8. The lowest BCUT2D eigenvalue weighted by Gasteiger charge is -2.31. The first-order valence-corrected chi connectivity index (χ1v) is 17.9. The Morgan fingerprint density at radius 1 is 1.00 bits per heavy atom. The maximum absolute atomic E-state index is 14.4. The van der Waals surface area contributed by atoms with Gasteiger partial charge in [0, 0.05) is 0 Å². The summed E-state index contributed by atoms with van der Waals surface area (Å²) >= 11 is 0. The van der Waals surface area contributed by atoms with Crippen molar-refractivity contribution in [1.82, 2.24) is 19.7 Å². The molecule has 6 atom stereocenters. The summed E-state index contributed by atoms with van der Waals surface area (Å²) in [4.78, 5) is 42.7. The molecular formula is C34H48N5O10P. The van der Waals surface area contributed by atoms with E-state index in [1.165, 1.54) is 24.9 Å². The van der Waals surface area contributed by atoms with E-state index in [1.807, 2.05) is 12.1 Å². The van der Waals surface area contributed by atoms with E-state index in [0.29, 0.717) is 11.2 Å². The summed E-state index contributed by atoms with van der Waals surface area (Å²) in [6.07, 6.45) is -2.38. The van der Waals surface area contributed by atoms with Gasteiger partial charge in [0.15, 0.2) is 18.0 Å². The minimum atomic E-state index is -4.38. The van der Waals surface area contributed by atoms with Gasteiger partial charge in [-0.25, -0.2) is 14.1 Å². The molecule has 50 heavy (non-hydrogen) atoms. The predicted molar refractivity (Wildman–Crippen MR) is 183 cm³/mol. The number of rotatable bonds is 13. The second-order valence-electron chi connectivity index (χ2n) is 14.0. The number of nitrogen functional groups attached to an aromatic ring is 1. The molecule has 0 aliphatic carbocycles. The molecular weight excluding hydrogens is 669 g/mol. The number of nitrogens with one attached hydrogen (secondary N) is 1. The molecule has 1 saturated heterocycles. The molecule has 1 fully saturated rings. The van der Waals surface area contributed by atoms with Crippen LogP contribution in [-0.4, -0.2) is 70.6 Å². The van der Waals surface area contributed by atoms with Crippen molar-refractivity contribution >= 4 is 37.0 Å². The zero-order valence-electron chi connectivity index (χ0n) is 30.2. The Labute approximate surface area is 292 Å². The number of carbonyl (C=O) groups excluding carboxylic acids is 3. The lowest BCUT2D eigenvalue weighted by atomic mass is 9.87. The first-order chi connectivity index (χ1) is 23.3. The fourth-order valence-electron chi connectivity index (χ4n) is 5.35. The van der Waals surface area contributed by atoms with Crippen LogP contribution in [0.1, 0.15) is 73.6 Å². The highest BCUT2D eigenvalue weighted by molar-refractivity contribution is 7.52. The molecule has 1 aliphatic heterocycles. The van der Waals surface area contributed by atoms with E-state index < -0.39 is 74.1 Å². The van der Waals surface area contributed by atoms with Crippen molar-refractivity contribution in [2.75, 3.05) is 19.5 Å². The Hall–Kier alpha value is -4.04. The van der Waals surface area contributed by atoms with E-state index in [9.17, 15) is 18.9 Å². The number of nitrogens with zero attached hydrogens (tertiary/aromatic N) is 3. The third-order valence-corrected chi connectivity index (χ3v) is 9.94. The molecule has 2 aromatic heterocycles. The predicted octanol–water partition coefficient (Wildman–Crippen LogP) is 4.71. The van der Waals surface area contributed by atoms with Crippen LogP contribution in [-0.2, 0) is 53.4 Å². The van der Waals surface area contributed by atoms with Crippen molar-refractivity contribution in [3.8, 4) is 5.75 Å². The second-order valence-corrected chi connectivity index (χ2v) is 15.7. The molecule has 274 valence electrons. The largest absolute Gasteiger partial charge is 0.468 e. The molecule has 0 amide bonds. The topological polar surface area (TPSA) is 192 Å². The monoisotopic (exact) mass is 717 g/mol. The zero-order chi connectivity index (χ0) is 37.2. The molecule has 3 N–H and O–H groups in total. The lowest BCUT2D eigenvalue weighted by molar-refractivity contribution is -0.175. The molecule has 1 aliphatic rings. The molecule has 16 heteroatoms. The number of hydrogen-bond acceptors (Lipinski definition) is 13. The minimum absolute atomic E-state index is 0.149. The van der Waals surface area contributed by atoms with Gasteiger partial charge in [-0.2, -0.15) is 10.2 Å². The van der Waals surface area contributed by atoms with Gasteiger partial charge in [-0.3, -0.25) is 18.9 Å². The smallest absolute Gasteiger partial charge is 0.459 e. The van der Waals surface area contributed by atoms with Gasteiger partial charge in [0.05, 0.1) is 31.2 Å². The summed E-state index contributed by atoms with van der Waals surface area (Å²) in [6, 6.07) is 9.22. The molecule has 0 saturated carbocycles. The Bertz CT molecular complexity index is 1740. The van der Waals surface area contributed by atoms with Crippen molar-refractivity contribution in [2.24, 2.45) is 11.8 Å². The summed E-state index contributed by atoms with van der Waals surface area (Å²) in [5, 5.41) is 6.96. The average Bonchev–Trinajstić information content (AvgIpc) is 3.60. The van der Waals surface area contributed by atoms with Crippen molar-refractivity contribution in [1.29, 1.82) is 0 Å². The van der Waals surface area contributed by atoms with Gasteiger partial charge >= 0.3 is 25.7 Å². The average molecular weight is 718 g/mol. The van der Waals surface area contributed by atoms with Crippen LogP contribution in [0.4, 0.5) is 5.82 Å². The quantitative estimate of drug-likeness (QED) is 0.140. The van der Waals surface area contributed by atoms with Crippen LogP contribution < -0.4 is 15.3 Å². The zero-order valence-corrected chi connectivity index (χ0v) is 31.1. The Morgan fingerprint density at radius 3 is 2.20 bits per heavy atom. The summed E-state index contributed by atoms with van der Waals surface area (Å²) in [5.74, 6) is -2.58. The summed E-state index contributed by atoms with van der Waals surface area (Å²) in [5.41, 5.74) is 6.34. The van der Waals surface area contributed by atoms with Crippen LogP contribution in [0.2, 0.25) is 0 Å².